The molecule has 1 saturated carbocycles. The molecule has 1 aliphatic carbocycles. The molecule has 0 amide bonds. The highest BCUT2D eigenvalue weighted by Crippen LogP contribution is 2.46. The van der Waals surface area contributed by atoms with Gasteiger partial charge in [0.15, 0.2) is 0 Å². The molecule has 0 saturated heterocycles. The summed E-state index contributed by atoms with van der Waals surface area (Å²) in [6, 6.07) is 16.1. The normalized spacial score (nSPS) is 19.3. The number of hydrogen-bond acceptors (Lipinski definition) is 4. The van der Waals surface area contributed by atoms with E-state index in [9.17, 15) is 18.3 Å². The van der Waals surface area contributed by atoms with Crippen LogP contribution in [0.15, 0.2) is 54.6 Å². The maximum absolute atomic E-state index is 12.6. The molecule has 5 nitrogen and oxygen atoms in total. The number of nitrogens with zero attached hydrogens (tertiary/aromatic N) is 2. The Morgan fingerprint density at radius 2 is 1.64 bits per heavy atom. The minimum Gasteiger partial charge on any atom is -0.507 e. The van der Waals surface area contributed by atoms with Crippen LogP contribution in [-0.2, 0) is 0 Å². The molecule has 0 spiro atoms. The number of alkyl halides is 3. The van der Waals surface area contributed by atoms with E-state index in [1.807, 2.05) is 26.0 Å². The molecule has 206 valence electrons. The van der Waals surface area contributed by atoms with E-state index in [0.29, 0.717) is 23.3 Å². The quantitative estimate of drug-likeness (QED) is 0.267. The third-order valence-electron chi connectivity index (χ3n) is 7.59. The van der Waals surface area contributed by atoms with Gasteiger partial charge in [0.05, 0.1) is 11.0 Å². The van der Waals surface area contributed by atoms with E-state index in [1.165, 1.54) is 12.1 Å². The molecule has 1 fully saturated rings. The Balaban J connectivity index is 1.57. The van der Waals surface area contributed by atoms with E-state index < -0.39 is 6.36 Å². The zero-order chi connectivity index (χ0) is 28.1. The lowest BCUT2D eigenvalue weighted by molar-refractivity contribution is -0.274. The zero-order valence-corrected chi connectivity index (χ0v) is 22.9. The largest absolute Gasteiger partial charge is 0.573 e. The highest BCUT2D eigenvalue weighted by molar-refractivity contribution is 5.85. The van der Waals surface area contributed by atoms with E-state index in [1.54, 1.807) is 12.1 Å². The summed E-state index contributed by atoms with van der Waals surface area (Å²) in [6.07, 6.45) is -1.57. The number of aryl methyl sites for hydroxylation is 2. The molecule has 0 radical (unpaired) electrons. The number of anilines is 2. The van der Waals surface area contributed by atoms with Crippen molar-refractivity contribution in [3.63, 3.8) is 0 Å². The lowest BCUT2D eigenvalue weighted by atomic mass is 9.70. The Morgan fingerprint density at radius 1 is 0.974 bits per heavy atom. The standard InChI is InChI=1S/C31H34F3N3O2/c1-18-12-24(17-30(4,5)16-18)37-27-11-6-21(22-13-19(2)28(38)20(3)14-22)15-26(27)36-29(37)35-23-7-9-25(10-8-23)39-31(32,33)34/h6-11,13-15,18,24,38H,12,16-17H2,1-5H3,(H,35,36)/t18-,24+/m0/s1. The summed E-state index contributed by atoms with van der Waals surface area (Å²) >= 11 is 0. The first kappa shape index (κ1) is 26.9. The summed E-state index contributed by atoms with van der Waals surface area (Å²) in [4.78, 5) is 4.98. The van der Waals surface area contributed by atoms with E-state index in [0.717, 1.165) is 52.5 Å². The fourth-order valence-corrected chi connectivity index (χ4v) is 6.22. The summed E-state index contributed by atoms with van der Waals surface area (Å²) in [5.41, 5.74) is 6.25. The molecule has 2 atom stereocenters. The number of ether oxygens (including phenoxy) is 1. The van der Waals surface area contributed by atoms with Crippen LogP contribution in [0.4, 0.5) is 24.8 Å². The Morgan fingerprint density at radius 3 is 2.26 bits per heavy atom. The molecule has 1 aromatic heterocycles. The van der Waals surface area contributed by atoms with Gasteiger partial charge in [-0.3, -0.25) is 0 Å². The molecule has 5 rings (SSSR count). The van der Waals surface area contributed by atoms with Crippen molar-refractivity contribution in [2.24, 2.45) is 11.3 Å². The maximum Gasteiger partial charge on any atom is 0.573 e. The molecule has 0 unspecified atom stereocenters. The van der Waals surface area contributed by atoms with Crippen LogP contribution in [0.1, 0.15) is 57.2 Å². The van der Waals surface area contributed by atoms with Gasteiger partial charge in [0.1, 0.15) is 11.5 Å². The second kappa shape index (κ2) is 9.81. The zero-order valence-electron chi connectivity index (χ0n) is 22.9. The van der Waals surface area contributed by atoms with Crippen molar-refractivity contribution < 1.29 is 23.0 Å². The third kappa shape index (κ3) is 5.84. The molecule has 3 aromatic carbocycles. The molecule has 0 aliphatic heterocycles. The van der Waals surface area contributed by atoms with Gasteiger partial charge in [0.25, 0.3) is 0 Å². The van der Waals surface area contributed by atoms with Gasteiger partial charge in [-0.25, -0.2) is 4.98 Å². The number of aromatic nitrogens is 2. The molecule has 4 aromatic rings. The van der Waals surface area contributed by atoms with Crippen LogP contribution in [0.5, 0.6) is 11.5 Å². The van der Waals surface area contributed by atoms with E-state index in [4.69, 9.17) is 4.98 Å². The smallest absolute Gasteiger partial charge is 0.507 e. The average molecular weight is 538 g/mol. The monoisotopic (exact) mass is 537 g/mol. The van der Waals surface area contributed by atoms with E-state index >= 15 is 0 Å². The minimum absolute atomic E-state index is 0.174. The average Bonchev–Trinajstić information content (AvgIpc) is 3.18. The van der Waals surface area contributed by atoms with E-state index in [2.05, 4.69) is 53.6 Å². The number of benzene rings is 3. The predicted molar refractivity (Wildman–Crippen MR) is 149 cm³/mol. The number of halogens is 3. The van der Waals surface area contributed by atoms with Crippen molar-refractivity contribution in [1.29, 1.82) is 0 Å². The predicted octanol–water partition coefficient (Wildman–Crippen LogP) is 9.06. The van der Waals surface area contributed by atoms with Crippen molar-refractivity contribution in [1.82, 2.24) is 9.55 Å². The van der Waals surface area contributed by atoms with Gasteiger partial charge >= 0.3 is 6.36 Å². The van der Waals surface area contributed by atoms with Crippen molar-refractivity contribution in [3.05, 3.63) is 65.7 Å². The SMILES string of the molecule is Cc1cc(-c2ccc3c(c2)nc(Nc2ccc(OC(F)(F)F)cc2)n3[C@@H]2C[C@H](C)CC(C)(C)C2)cc(C)c1O. The molecule has 2 N–H and O–H groups in total. The van der Waals surface area contributed by atoms with Crippen LogP contribution in [0.25, 0.3) is 22.2 Å². The van der Waals surface area contributed by atoms with Crippen molar-refractivity contribution >= 4 is 22.7 Å². The lowest BCUT2D eigenvalue weighted by Gasteiger charge is -2.40. The number of rotatable bonds is 5. The first-order valence-corrected chi connectivity index (χ1v) is 13.2. The highest BCUT2D eigenvalue weighted by Gasteiger charge is 2.35. The first-order chi connectivity index (χ1) is 18.3. The maximum atomic E-state index is 12.6. The first-order valence-electron chi connectivity index (χ1n) is 13.2. The van der Waals surface area contributed by atoms with Gasteiger partial charge < -0.3 is 19.7 Å². The van der Waals surface area contributed by atoms with Gasteiger partial charge in [0, 0.05) is 11.7 Å². The second-order valence-electron chi connectivity index (χ2n) is 11.7. The molecular formula is C31H34F3N3O2. The number of imidazole rings is 1. The number of hydrogen-bond donors (Lipinski definition) is 2. The molecule has 39 heavy (non-hydrogen) atoms. The van der Waals surface area contributed by atoms with Gasteiger partial charge in [-0.1, -0.05) is 26.8 Å². The Labute approximate surface area is 226 Å². The van der Waals surface area contributed by atoms with Crippen molar-refractivity contribution in [2.75, 3.05) is 5.32 Å². The number of phenols is 1. The summed E-state index contributed by atoms with van der Waals surface area (Å²) in [7, 11) is 0. The lowest BCUT2D eigenvalue weighted by Crippen LogP contribution is -2.29. The fourth-order valence-electron chi connectivity index (χ4n) is 6.22. The molecule has 1 heterocycles. The second-order valence-corrected chi connectivity index (χ2v) is 11.7. The summed E-state index contributed by atoms with van der Waals surface area (Å²) < 4.78 is 44.1. The number of fused-ring (bicyclic) bond motifs is 1. The van der Waals surface area contributed by atoms with Gasteiger partial charge in [-0.15, -0.1) is 13.2 Å². The van der Waals surface area contributed by atoms with Gasteiger partial charge in [-0.05, 0) is 115 Å². The van der Waals surface area contributed by atoms with Gasteiger partial charge in [0.2, 0.25) is 5.95 Å². The van der Waals surface area contributed by atoms with Crippen LogP contribution >= 0.6 is 0 Å². The number of nitrogens with one attached hydrogen (secondary N) is 1. The summed E-state index contributed by atoms with van der Waals surface area (Å²) in [5, 5.41) is 13.6. The van der Waals surface area contributed by atoms with Gasteiger partial charge in [-0.2, -0.15) is 0 Å². The molecule has 0 bridgehead atoms. The fraction of sp³-hybridized carbons (Fsp3) is 0.387. The Kier molecular flexibility index (Phi) is 6.77. The molecule has 8 heteroatoms. The van der Waals surface area contributed by atoms with Crippen LogP contribution in [0, 0.1) is 25.2 Å². The third-order valence-corrected chi connectivity index (χ3v) is 7.59. The number of aromatic hydroxyl groups is 1. The summed E-state index contributed by atoms with van der Waals surface area (Å²) in [5.74, 6) is 1.23. The Bertz CT molecular complexity index is 1480. The van der Waals surface area contributed by atoms with Crippen LogP contribution in [0.3, 0.4) is 0 Å². The van der Waals surface area contributed by atoms with Crippen LogP contribution < -0.4 is 10.1 Å². The number of phenolic OH excluding ortho intramolecular Hbond substituents is 1. The highest BCUT2D eigenvalue weighted by atomic mass is 19.4. The minimum atomic E-state index is -4.74. The van der Waals surface area contributed by atoms with Crippen molar-refractivity contribution in [3.8, 4) is 22.6 Å². The Hall–Kier alpha value is -3.68. The topological polar surface area (TPSA) is 59.3 Å². The van der Waals surface area contributed by atoms with E-state index in [-0.39, 0.29) is 17.2 Å². The summed E-state index contributed by atoms with van der Waals surface area (Å²) in [6.45, 7) is 10.7. The van der Waals surface area contributed by atoms with Crippen LogP contribution in [0.2, 0.25) is 0 Å². The van der Waals surface area contributed by atoms with Crippen molar-refractivity contribution in [2.45, 2.75) is 66.3 Å². The van der Waals surface area contributed by atoms with Crippen LogP contribution in [-0.4, -0.2) is 21.0 Å². The molecule has 1 aliphatic rings. The molecular weight excluding hydrogens is 503 g/mol.